The zero-order valence-electron chi connectivity index (χ0n) is 10.6. The van der Waals surface area contributed by atoms with E-state index >= 15 is 0 Å². The van der Waals surface area contributed by atoms with Crippen LogP contribution in [0.5, 0.6) is 5.75 Å². The van der Waals surface area contributed by atoms with Crippen molar-refractivity contribution in [1.82, 2.24) is 5.16 Å². The predicted molar refractivity (Wildman–Crippen MR) is 77.7 cm³/mol. The van der Waals surface area contributed by atoms with Gasteiger partial charge in [0, 0.05) is 11.6 Å². The van der Waals surface area contributed by atoms with Crippen molar-refractivity contribution in [3.05, 3.63) is 71.4 Å². The van der Waals surface area contributed by atoms with Gasteiger partial charge in [0.05, 0.1) is 5.02 Å². The van der Waals surface area contributed by atoms with Gasteiger partial charge in [-0.1, -0.05) is 53.2 Å². The third kappa shape index (κ3) is 2.83. The lowest BCUT2D eigenvalue weighted by Crippen LogP contribution is -1.95. The minimum absolute atomic E-state index is 0.475. The number of nitrogens with zero attached hydrogens (tertiary/aromatic N) is 1. The molecule has 0 radical (unpaired) electrons. The molecule has 0 saturated carbocycles. The molecule has 1 heterocycles. The van der Waals surface area contributed by atoms with E-state index < -0.39 is 0 Å². The van der Waals surface area contributed by atoms with Crippen molar-refractivity contribution in [3.8, 4) is 17.0 Å². The molecule has 0 atom stereocenters. The van der Waals surface area contributed by atoms with E-state index in [-0.39, 0.29) is 0 Å². The van der Waals surface area contributed by atoms with E-state index in [4.69, 9.17) is 20.9 Å². The smallest absolute Gasteiger partial charge is 0.138 e. The Morgan fingerprint density at radius 1 is 1.00 bits per heavy atom. The molecule has 3 aromatic rings. The predicted octanol–water partition coefficient (Wildman–Crippen LogP) is 4.57. The fourth-order valence-corrected chi connectivity index (χ4v) is 2.05. The molecule has 0 aliphatic heterocycles. The van der Waals surface area contributed by atoms with Crippen LogP contribution < -0.4 is 4.74 Å². The summed E-state index contributed by atoms with van der Waals surface area (Å²) in [6.45, 7) is 0.475. The number of benzene rings is 2. The number of hydrogen-bond donors (Lipinski definition) is 0. The van der Waals surface area contributed by atoms with Crippen molar-refractivity contribution in [1.29, 1.82) is 0 Å². The SMILES string of the molecule is Clc1ccccc1OCc1ccc(-c2ccon2)cc1. The van der Waals surface area contributed by atoms with E-state index in [1.807, 2.05) is 54.6 Å². The van der Waals surface area contributed by atoms with Crippen LogP contribution in [0.4, 0.5) is 0 Å². The van der Waals surface area contributed by atoms with Crippen LogP contribution >= 0.6 is 11.6 Å². The van der Waals surface area contributed by atoms with E-state index in [1.165, 1.54) is 0 Å². The van der Waals surface area contributed by atoms with Crippen LogP contribution in [-0.2, 0) is 6.61 Å². The van der Waals surface area contributed by atoms with Crippen LogP contribution in [0, 0.1) is 0 Å². The lowest BCUT2D eigenvalue weighted by atomic mass is 10.1. The number of halogens is 1. The monoisotopic (exact) mass is 285 g/mol. The highest BCUT2D eigenvalue weighted by Gasteiger charge is 2.03. The summed E-state index contributed by atoms with van der Waals surface area (Å²) < 4.78 is 10.5. The second kappa shape index (κ2) is 5.80. The highest BCUT2D eigenvalue weighted by atomic mass is 35.5. The van der Waals surface area contributed by atoms with Crippen molar-refractivity contribution in [2.24, 2.45) is 0 Å². The summed E-state index contributed by atoms with van der Waals surface area (Å²) in [5.41, 5.74) is 2.90. The van der Waals surface area contributed by atoms with Crippen LogP contribution in [0.1, 0.15) is 5.56 Å². The first kappa shape index (κ1) is 12.8. The van der Waals surface area contributed by atoms with Gasteiger partial charge in [0.25, 0.3) is 0 Å². The molecule has 2 aromatic carbocycles. The summed E-state index contributed by atoms with van der Waals surface area (Å²) in [4.78, 5) is 0. The fourth-order valence-electron chi connectivity index (χ4n) is 1.86. The Morgan fingerprint density at radius 2 is 1.80 bits per heavy atom. The molecule has 0 aliphatic carbocycles. The Kier molecular flexibility index (Phi) is 3.70. The first-order chi connectivity index (χ1) is 9.83. The molecule has 1 aromatic heterocycles. The minimum Gasteiger partial charge on any atom is -0.487 e. The van der Waals surface area contributed by atoms with Crippen LogP contribution in [0.2, 0.25) is 5.02 Å². The molecule has 3 nitrogen and oxygen atoms in total. The van der Waals surface area contributed by atoms with E-state index in [2.05, 4.69) is 5.16 Å². The number of aromatic nitrogens is 1. The van der Waals surface area contributed by atoms with Gasteiger partial charge in [0.2, 0.25) is 0 Å². The average molecular weight is 286 g/mol. The van der Waals surface area contributed by atoms with Crippen molar-refractivity contribution in [2.75, 3.05) is 0 Å². The molecule has 0 saturated heterocycles. The summed E-state index contributed by atoms with van der Waals surface area (Å²) >= 11 is 6.04. The summed E-state index contributed by atoms with van der Waals surface area (Å²) in [5, 5.41) is 4.51. The van der Waals surface area contributed by atoms with E-state index in [0.717, 1.165) is 16.8 Å². The molecular weight excluding hydrogens is 274 g/mol. The maximum absolute atomic E-state index is 6.04. The Labute approximate surface area is 121 Å². The molecule has 20 heavy (non-hydrogen) atoms. The highest BCUT2D eigenvalue weighted by molar-refractivity contribution is 6.32. The van der Waals surface area contributed by atoms with Gasteiger partial charge in [-0.15, -0.1) is 0 Å². The summed E-state index contributed by atoms with van der Waals surface area (Å²) in [6.07, 6.45) is 1.56. The van der Waals surface area contributed by atoms with Crippen LogP contribution in [0.3, 0.4) is 0 Å². The molecule has 0 aliphatic rings. The van der Waals surface area contributed by atoms with Crippen LogP contribution in [0.25, 0.3) is 11.3 Å². The first-order valence-corrected chi connectivity index (χ1v) is 6.58. The third-order valence-electron chi connectivity index (χ3n) is 2.92. The van der Waals surface area contributed by atoms with Crippen LogP contribution in [0.15, 0.2) is 65.4 Å². The van der Waals surface area contributed by atoms with Crippen molar-refractivity contribution >= 4 is 11.6 Å². The minimum atomic E-state index is 0.475. The maximum atomic E-state index is 6.04. The van der Waals surface area contributed by atoms with E-state index in [0.29, 0.717) is 17.4 Å². The molecule has 0 N–H and O–H groups in total. The number of rotatable bonds is 4. The maximum Gasteiger partial charge on any atom is 0.138 e. The van der Waals surface area contributed by atoms with Gasteiger partial charge in [-0.25, -0.2) is 0 Å². The largest absolute Gasteiger partial charge is 0.487 e. The van der Waals surface area contributed by atoms with Crippen molar-refractivity contribution in [3.63, 3.8) is 0 Å². The summed E-state index contributed by atoms with van der Waals surface area (Å²) in [6, 6.07) is 17.2. The average Bonchev–Trinajstić information content (AvgIpc) is 3.01. The van der Waals surface area contributed by atoms with E-state index in [1.54, 1.807) is 6.26 Å². The highest BCUT2D eigenvalue weighted by Crippen LogP contribution is 2.24. The van der Waals surface area contributed by atoms with Gasteiger partial charge in [-0.05, 0) is 17.7 Å². The number of hydrogen-bond acceptors (Lipinski definition) is 3. The fraction of sp³-hybridized carbons (Fsp3) is 0.0625. The van der Waals surface area contributed by atoms with Gasteiger partial charge in [0.1, 0.15) is 24.3 Å². The second-order valence-corrected chi connectivity index (χ2v) is 4.71. The van der Waals surface area contributed by atoms with E-state index in [9.17, 15) is 0 Å². The van der Waals surface area contributed by atoms with Gasteiger partial charge < -0.3 is 9.26 Å². The first-order valence-electron chi connectivity index (χ1n) is 6.20. The Morgan fingerprint density at radius 3 is 2.50 bits per heavy atom. The standard InChI is InChI=1S/C16H12ClNO2/c17-14-3-1-2-4-16(14)19-11-12-5-7-13(8-6-12)15-9-10-20-18-15/h1-10H,11H2. The molecule has 4 heteroatoms. The molecular formula is C16H12ClNO2. The molecule has 0 unspecified atom stereocenters. The molecule has 0 amide bonds. The van der Waals surface area contributed by atoms with Gasteiger partial charge >= 0.3 is 0 Å². The Hall–Kier alpha value is -2.26. The normalized spacial score (nSPS) is 10.4. The van der Waals surface area contributed by atoms with Gasteiger partial charge in [-0.3, -0.25) is 0 Å². The lowest BCUT2D eigenvalue weighted by molar-refractivity contribution is 0.306. The quantitative estimate of drug-likeness (QED) is 0.704. The Balaban J connectivity index is 1.68. The van der Waals surface area contributed by atoms with Crippen molar-refractivity contribution < 1.29 is 9.26 Å². The molecule has 0 fully saturated rings. The molecule has 0 spiro atoms. The second-order valence-electron chi connectivity index (χ2n) is 4.30. The molecule has 3 rings (SSSR count). The molecule has 0 bridgehead atoms. The van der Waals surface area contributed by atoms with Crippen LogP contribution in [-0.4, -0.2) is 5.16 Å². The van der Waals surface area contributed by atoms with Crippen molar-refractivity contribution in [2.45, 2.75) is 6.61 Å². The zero-order valence-corrected chi connectivity index (χ0v) is 11.4. The molecule has 100 valence electrons. The number of para-hydroxylation sites is 1. The summed E-state index contributed by atoms with van der Waals surface area (Å²) in [5.74, 6) is 0.690. The topological polar surface area (TPSA) is 35.3 Å². The summed E-state index contributed by atoms with van der Waals surface area (Å²) in [7, 11) is 0. The van der Waals surface area contributed by atoms with Gasteiger partial charge in [-0.2, -0.15) is 0 Å². The number of ether oxygens (including phenoxy) is 1. The zero-order chi connectivity index (χ0) is 13.8. The Bertz CT molecular complexity index is 678. The van der Waals surface area contributed by atoms with Gasteiger partial charge in [0.15, 0.2) is 0 Å². The lowest BCUT2D eigenvalue weighted by Gasteiger charge is -2.08. The third-order valence-corrected chi connectivity index (χ3v) is 3.23.